The molecule has 2 aromatic rings. The van der Waals surface area contributed by atoms with E-state index < -0.39 is 13.0 Å². The van der Waals surface area contributed by atoms with E-state index in [0.717, 1.165) is 0 Å². The lowest BCUT2D eigenvalue weighted by Gasteiger charge is -2.08. The van der Waals surface area contributed by atoms with Crippen LogP contribution in [-0.4, -0.2) is 23.0 Å². The van der Waals surface area contributed by atoms with Crippen LogP contribution < -0.4 is 4.74 Å². The van der Waals surface area contributed by atoms with Gasteiger partial charge < -0.3 is 4.74 Å². The van der Waals surface area contributed by atoms with Crippen molar-refractivity contribution in [1.29, 1.82) is 0 Å². The zero-order chi connectivity index (χ0) is 12.4. The summed E-state index contributed by atoms with van der Waals surface area (Å²) in [6, 6.07) is 1.61. The Labute approximate surface area is 109 Å². The highest BCUT2D eigenvalue weighted by Gasteiger charge is 2.11. The highest BCUT2D eigenvalue weighted by Crippen LogP contribution is 2.30. The number of fused-ring (bicyclic) bond motifs is 1. The van der Waals surface area contributed by atoms with Crippen molar-refractivity contribution in [3.63, 3.8) is 0 Å². The van der Waals surface area contributed by atoms with Gasteiger partial charge in [0.15, 0.2) is 6.61 Å². The van der Waals surface area contributed by atoms with Gasteiger partial charge in [-0.05, 0) is 22.0 Å². The zero-order valence-corrected chi connectivity index (χ0v) is 10.7. The van der Waals surface area contributed by atoms with Crippen molar-refractivity contribution in [3.8, 4) is 5.88 Å². The number of nitrogens with zero attached hydrogens (tertiary/aromatic N) is 2. The molecule has 90 valence electrons. The predicted molar refractivity (Wildman–Crippen MR) is 63.7 cm³/mol. The SMILES string of the molecule is FC(F)COc1ncc(Br)c2cc(Cl)ncc12. The molecule has 7 heteroatoms. The molecule has 0 fully saturated rings. The van der Waals surface area contributed by atoms with Crippen molar-refractivity contribution in [2.75, 3.05) is 6.61 Å². The van der Waals surface area contributed by atoms with Gasteiger partial charge in [0, 0.05) is 22.3 Å². The van der Waals surface area contributed by atoms with E-state index in [0.29, 0.717) is 20.4 Å². The van der Waals surface area contributed by atoms with Crippen LogP contribution in [0.25, 0.3) is 10.8 Å². The van der Waals surface area contributed by atoms with E-state index >= 15 is 0 Å². The molecule has 2 aromatic heterocycles. The minimum Gasteiger partial charge on any atom is -0.471 e. The highest BCUT2D eigenvalue weighted by molar-refractivity contribution is 9.10. The molecule has 0 radical (unpaired) electrons. The maximum atomic E-state index is 12.1. The molecule has 17 heavy (non-hydrogen) atoms. The molecule has 0 aliphatic carbocycles. The minimum absolute atomic E-state index is 0.118. The number of hydrogen-bond acceptors (Lipinski definition) is 3. The molecular formula is C10H6BrClF2N2O. The van der Waals surface area contributed by atoms with E-state index in [-0.39, 0.29) is 5.88 Å². The Hall–Kier alpha value is -1.01. The normalized spacial score (nSPS) is 11.1. The molecular weight excluding hydrogens is 317 g/mol. The fraction of sp³-hybridized carbons (Fsp3) is 0.200. The van der Waals surface area contributed by atoms with E-state index in [1.807, 2.05) is 0 Å². The number of aromatic nitrogens is 2. The van der Waals surface area contributed by atoms with Crippen LogP contribution in [0.15, 0.2) is 22.9 Å². The molecule has 0 aliphatic heterocycles. The quantitative estimate of drug-likeness (QED) is 0.808. The van der Waals surface area contributed by atoms with Crippen molar-refractivity contribution in [2.45, 2.75) is 6.43 Å². The van der Waals surface area contributed by atoms with E-state index in [1.165, 1.54) is 12.4 Å². The van der Waals surface area contributed by atoms with Crippen LogP contribution in [0.4, 0.5) is 8.78 Å². The van der Waals surface area contributed by atoms with Crippen LogP contribution in [0.3, 0.4) is 0 Å². The Morgan fingerprint density at radius 3 is 2.76 bits per heavy atom. The summed E-state index contributed by atoms with van der Waals surface area (Å²) in [6.07, 6.45) is 0.367. The Morgan fingerprint density at radius 1 is 1.29 bits per heavy atom. The first kappa shape index (κ1) is 12.4. The van der Waals surface area contributed by atoms with Gasteiger partial charge in [0.05, 0.1) is 5.39 Å². The van der Waals surface area contributed by atoms with E-state index in [2.05, 4.69) is 25.9 Å². The van der Waals surface area contributed by atoms with Crippen LogP contribution in [0.2, 0.25) is 5.15 Å². The summed E-state index contributed by atoms with van der Waals surface area (Å²) in [5.74, 6) is 0.118. The third-order valence-corrected chi connectivity index (χ3v) is 2.84. The third-order valence-electron chi connectivity index (χ3n) is 2.00. The molecule has 2 heterocycles. The maximum absolute atomic E-state index is 12.1. The lowest BCUT2D eigenvalue weighted by atomic mass is 10.2. The summed E-state index contributed by atoms with van der Waals surface area (Å²) in [5, 5.41) is 1.55. The van der Waals surface area contributed by atoms with E-state index in [9.17, 15) is 8.78 Å². The van der Waals surface area contributed by atoms with Crippen LogP contribution >= 0.6 is 27.5 Å². The fourth-order valence-corrected chi connectivity index (χ4v) is 1.90. The van der Waals surface area contributed by atoms with Gasteiger partial charge in [-0.2, -0.15) is 0 Å². The number of rotatable bonds is 3. The van der Waals surface area contributed by atoms with Gasteiger partial charge in [-0.25, -0.2) is 18.7 Å². The summed E-state index contributed by atoms with van der Waals surface area (Å²) in [4.78, 5) is 7.80. The number of hydrogen-bond donors (Lipinski definition) is 0. The van der Waals surface area contributed by atoms with Crippen LogP contribution in [0, 0.1) is 0 Å². The molecule has 3 nitrogen and oxygen atoms in total. The second kappa shape index (κ2) is 5.10. The lowest BCUT2D eigenvalue weighted by Crippen LogP contribution is -2.08. The Bertz CT molecular complexity index is 553. The molecule has 0 aromatic carbocycles. The monoisotopic (exact) mass is 322 g/mol. The Kier molecular flexibility index (Phi) is 3.73. The molecule has 0 N–H and O–H groups in total. The number of alkyl halides is 2. The second-order valence-corrected chi connectivity index (χ2v) is 4.41. The van der Waals surface area contributed by atoms with Crippen LogP contribution in [0.1, 0.15) is 0 Å². The molecule has 0 unspecified atom stereocenters. The smallest absolute Gasteiger partial charge is 0.272 e. The summed E-state index contributed by atoms with van der Waals surface area (Å²) in [5.41, 5.74) is 0. The molecule has 0 aliphatic rings. The average Bonchev–Trinajstić information content (AvgIpc) is 2.28. The fourth-order valence-electron chi connectivity index (χ4n) is 1.31. The van der Waals surface area contributed by atoms with E-state index in [1.54, 1.807) is 6.07 Å². The molecule has 0 saturated heterocycles. The third kappa shape index (κ3) is 2.81. The summed E-state index contributed by atoms with van der Waals surface area (Å²) in [6.45, 7) is -0.702. The molecule has 0 bridgehead atoms. The van der Waals surface area contributed by atoms with Crippen molar-refractivity contribution >= 4 is 38.3 Å². The van der Waals surface area contributed by atoms with Gasteiger partial charge in [0.2, 0.25) is 5.88 Å². The largest absolute Gasteiger partial charge is 0.471 e. The average molecular weight is 324 g/mol. The number of pyridine rings is 2. The van der Waals surface area contributed by atoms with Crippen molar-refractivity contribution in [3.05, 3.63) is 28.1 Å². The standard InChI is InChI=1S/C10H6BrClF2N2O/c11-7-3-16-10(17-4-9(13)14)6-2-15-8(12)1-5(6)7/h1-3,9H,4H2. The number of halogens is 4. The number of ether oxygens (including phenoxy) is 1. The zero-order valence-electron chi connectivity index (χ0n) is 8.33. The molecule has 0 spiro atoms. The topological polar surface area (TPSA) is 35.0 Å². The molecule has 2 rings (SSSR count). The Morgan fingerprint density at radius 2 is 2.06 bits per heavy atom. The van der Waals surface area contributed by atoms with Gasteiger partial charge in [-0.3, -0.25) is 0 Å². The molecule has 0 amide bonds. The van der Waals surface area contributed by atoms with Crippen molar-refractivity contribution in [1.82, 2.24) is 9.97 Å². The molecule has 0 atom stereocenters. The summed E-state index contributed by atoms with van der Waals surface area (Å²) >= 11 is 9.05. The first-order valence-electron chi connectivity index (χ1n) is 4.58. The first-order valence-corrected chi connectivity index (χ1v) is 5.75. The highest BCUT2D eigenvalue weighted by atomic mass is 79.9. The lowest BCUT2D eigenvalue weighted by molar-refractivity contribution is 0.0804. The van der Waals surface area contributed by atoms with Crippen molar-refractivity contribution < 1.29 is 13.5 Å². The maximum Gasteiger partial charge on any atom is 0.272 e. The van der Waals surface area contributed by atoms with Gasteiger partial charge in [-0.1, -0.05) is 11.6 Å². The van der Waals surface area contributed by atoms with Gasteiger partial charge in [-0.15, -0.1) is 0 Å². The minimum atomic E-state index is -2.55. The van der Waals surface area contributed by atoms with Gasteiger partial charge >= 0.3 is 0 Å². The van der Waals surface area contributed by atoms with Gasteiger partial charge in [0.1, 0.15) is 5.15 Å². The second-order valence-electron chi connectivity index (χ2n) is 3.17. The first-order chi connectivity index (χ1) is 8.08. The van der Waals surface area contributed by atoms with E-state index in [4.69, 9.17) is 16.3 Å². The molecule has 0 saturated carbocycles. The predicted octanol–water partition coefficient (Wildman–Crippen LogP) is 3.69. The summed E-state index contributed by atoms with van der Waals surface area (Å²) < 4.78 is 29.7. The van der Waals surface area contributed by atoms with Crippen molar-refractivity contribution in [2.24, 2.45) is 0 Å². The Balaban J connectivity index is 2.47. The van der Waals surface area contributed by atoms with Crippen LogP contribution in [-0.2, 0) is 0 Å². The summed E-state index contributed by atoms with van der Waals surface area (Å²) in [7, 11) is 0. The van der Waals surface area contributed by atoms with Gasteiger partial charge in [0.25, 0.3) is 6.43 Å². The van der Waals surface area contributed by atoms with Crippen LogP contribution in [0.5, 0.6) is 5.88 Å².